The van der Waals surface area contributed by atoms with E-state index >= 15 is 0 Å². The largest absolute Gasteiger partial charge is 0.497 e. The van der Waals surface area contributed by atoms with E-state index in [9.17, 15) is 0 Å². The second-order valence-electron chi connectivity index (χ2n) is 5.48. The van der Waals surface area contributed by atoms with Crippen LogP contribution in [0, 0.1) is 6.92 Å². The summed E-state index contributed by atoms with van der Waals surface area (Å²) >= 11 is 1.67. The number of thiazole rings is 1. The van der Waals surface area contributed by atoms with Crippen LogP contribution < -0.4 is 14.8 Å². The molecule has 1 heterocycles. The van der Waals surface area contributed by atoms with Crippen LogP contribution in [0.15, 0.2) is 34.6 Å². The molecule has 0 aliphatic heterocycles. The molecule has 8 heteroatoms. The molecule has 2 aromatic rings. The lowest BCUT2D eigenvalue weighted by Crippen LogP contribution is -2.38. The maximum absolute atomic E-state index is 5.73. The zero-order valence-corrected chi connectivity index (χ0v) is 18.8. The number of rotatable bonds is 8. The Hall–Kier alpha value is -1.55. The van der Waals surface area contributed by atoms with Gasteiger partial charge in [-0.1, -0.05) is 6.07 Å². The molecule has 0 fully saturated rings. The minimum absolute atomic E-state index is 0. The lowest BCUT2D eigenvalue weighted by molar-refractivity contribution is 0.324. The summed E-state index contributed by atoms with van der Waals surface area (Å²) in [5.74, 6) is 2.42. The number of hydrogen-bond donors (Lipinski definition) is 1. The molecule has 144 valence electrons. The molecule has 26 heavy (non-hydrogen) atoms. The van der Waals surface area contributed by atoms with Crippen LogP contribution in [0.3, 0.4) is 0 Å². The Morgan fingerprint density at radius 2 is 2.12 bits per heavy atom. The summed E-state index contributed by atoms with van der Waals surface area (Å²) in [4.78, 5) is 11.2. The minimum atomic E-state index is 0. The van der Waals surface area contributed by atoms with E-state index < -0.39 is 0 Å². The van der Waals surface area contributed by atoms with Gasteiger partial charge < -0.3 is 19.7 Å². The fraction of sp³-hybridized carbons (Fsp3) is 0.444. The highest BCUT2D eigenvalue weighted by molar-refractivity contribution is 14.0. The molecule has 0 bridgehead atoms. The normalized spacial score (nSPS) is 10.8. The first-order valence-electron chi connectivity index (χ1n) is 8.29. The molecule has 0 saturated heterocycles. The molecule has 0 spiro atoms. The van der Waals surface area contributed by atoms with E-state index in [1.54, 1.807) is 18.4 Å². The number of halogens is 1. The van der Waals surface area contributed by atoms with Crippen molar-refractivity contribution in [3.63, 3.8) is 0 Å². The van der Waals surface area contributed by atoms with E-state index in [4.69, 9.17) is 9.47 Å². The van der Waals surface area contributed by atoms with E-state index in [0.29, 0.717) is 13.2 Å². The summed E-state index contributed by atoms with van der Waals surface area (Å²) in [6.07, 6.45) is 0. The number of hydrogen-bond acceptors (Lipinski definition) is 5. The van der Waals surface area contributed by atoms with Gasteiger partial charge in [0.15, 0.2) is 5.96 Å². The summed E-state index contributed by atoms with van der Waals surface area (Å²) in [6.45, 7) is 6.70. The van der Waals surface area contributed by atoms with Crippen molar-refractivity contribution in [2.24, 2.45) is 4.99 Å². The molecule has 0 atom stereocenters. The highest BCUT2D eigenvalue weighted by Crippen LogP contribution is 2.18. The van der Waals surface area contributed by atoms with Crippen LogP contribution in [0.4, 0.5) is 0 Å². The van der Waals surface area contributed by atoms with Crippen LogP contribution in [0.25, 0.3) is 0 Å². The Labute approximate surface area is 176 Å². The van der Waals surface area contributed by atoms with Crippen molar-refractivity contribution in [2.45, 2.75) is 20.4 Å². The number of guanidine groups is 1. The average molecular weight is 490 g/mol. The van der Waals surface area contributed by atoms with E-state index in [-0.39, 0.29) is 24.0 Å². The SMILES string of the molecule is CCNC(=NCCOc1cccc(OC)c1)N(C)Cc1csc(C)n1.I. The number of nitrogens with one attached hydrogen (secondary N) is 1. The molecule has 0 radical (unpaired) electrons. The van der Waals surface area contributed by atoms with Crippen LogP contribution in [-0.2, 0) is 6.54 Å². The molecule has 0 unspecified atom stereocenters. The first-order chi connectivity index (χ1) is 12.1. The van der Waals surface area contributed by atoms with Crippen molar-refractivity contribution < 1.29 is 9.47 Å². The van der Waals surface area contributed by atoms with Gasteiger partial charge in [-0.25, -0.2) is 9.98 Å². The zero-order chi connectivity index (χ0) is 18.1. The highest BCUT2D eigenvalue weighted by atomic mass is 127. The van der Waals surface area contributed by atoms with Gasteiger partial charge in [0, 0.05) is 25.0 Å². The first-order valence-corrected chi connectivity index (χ1v) is 9.17. The molecule has 2 rings (SSSR count). The van der Waals surface area contributed by atoms with E-state index in [2.05, 4.69) is 32.5 Å². The Morgan fingerprint density at radius 3 is 2.77 bits per heavy atom. The van der Waals surface area contributed by atoms with Gasteiger partial charge in [-0.3, -0.25) is 0 Å². The average Bonchev–Trinajstić information content (AvgIpc) is 3.02. The van der Waals surface area contributed by atoms with Crippen LogP contribution in [-0.4, -0.2) is 49.7 Å². The number of nitrogens with zero attached hydrogens (tertiary/aromatic N) is 3. The van der Waals surface area contributed by atoms with E-state index in [1.807, 2.05) is 38.2 Å². The maximum atomic E-state index is 5.73. The molecule has 0 amide bonds. The van der Waals surface area contributed by atoms with Crippen molar-refractivity contribution in [3.05, 3.63) is 40.3 Å². The van der Waals surface area contributed by atoms with Gasteiger partial charge >= 0.3 is 0 Å². The van der Waals surface area contributed by atoms with Gasteiger partial charge in [0.25, 0.3) is 0 Å². The predicted octanol–water partition coefficient (Wildman–Crippen LogP) is 3.55. The van der Waals surface area contributed by atoms with E-state index in [0.717, 1.165) is 41.2 Å². The molecule has 1 aromatic carbocycles. The van der Waals surface area contributed by atoms with Crippen molar-refractivity contribution >= 4 is 41.3 Å². The number of aryl methyl sites for hydroxylation is 1. The third-order valence-corrected chi connectivity index (χ3v) is 4.25. The quantitative estimate of drug-likeness (QED) is 0.266. The molecular formula is C18H27IN4O2S. The number of aromatic nitrogens is 1. The molecule has 0 aliphatic carbocycles. The Kier molecular flexibility index (Phi) is 10.3. The summed E-state index contributed by atoms with van der Waals surface area (Å²) in [5.41, 5.74) is 1.06. The number of aliphatic imine (C=N–C) groups is 1. The molecule has 0 aliphatic rings. The smallest absolute Gasteiger partial charge is 0.194 e. The molecule has 1 N–H and O–H groups in total. The van der Waals surface area contributed by atoms with Gasteiger partial charge in [0.05, 0.1) is 30.9 Å². The second-order valence-corrected chi connectivity index (χ2v) is 6.54. The number of benzene rings is 1. The van der Waals surface area contributed by atoms with E-state index in [1.165, 1.54) is 0 Å². The van der Waals surface area contributed by atoms with Crippen molar-refractivity contribution in [3.8, 4) is 11.5 Å². The standard InChI is InChI=1S/C18H26N4O2S.HI/c1-5-19-18(22(3)12-15-13-25-14(2)21-15)20-9-10-24-17-8-6-7-16(11-17)23-4;/h6-8,11,13H,5,9-10,12H2,1-4H3,(H,19,20);1H. The lowest BCUT2D eigenvalue weighted by Gasteiger charge is -2.21. The van der Waals surface area contributed by atoms with Gasteiger partial charge in [-0.2, -0.15) is 0 Å². The highest BCUT2D eigenvalue weighted by Gasteiger charge is 2.08. The van der Waals surface area contributed by atoms with Gasteiger partial charge in [0.1, 0.15) is 18.1 Å². The summed E-state index contributed by atoms with van der Waals surface area (Å²) < 4.78 is 10.9. The molecule has 1 aromatic heterocycles. The lowest BCUT2D eigenvalue weighted by atomic mass is 10.3. The molecule has 6 nitrogen and oxygen atoms in total. The van der Waals surface area contributed by atoms with Crippen LogP contribution >= 0.6 is 35.3 Å². The van der Waals surface area contributed by atoms with Gasteiger partial charge in [-0.05, 0) is 26.0 Å². The topological polar surface area (TPSA) is 59.0 Å². The zero-order valence-electron chi connectivity index (χ0n) is 15.7. The fourth-order valence-electron chi connectivity index (χ4n) is 2.27. The summed E-state index contributed by atoms with van der Waals surface area (Å²) in [6, 6.07) is 7.58. The van der Waals surface area contributed by atoms with Crippen LogP contribution in [0.2, 0.25) is 0 Å². The first kappa shape index (κ1) is 22.5. The fourth-order valence-corrected chi connectivity index (χ4v) is 2.88. The number of ether oxygens (including phenoxy) is 2. The Balaban J connectivity index is 0.00000338. The maximum Gasteiger partial charge on any atom is 0.194 e. The number of methoxy groups -OCH3 is 1. The third-order valence-electron chi connectivity index (χ3n) is 3.42. The molecular weight excluding hydrogens is 463 g/mol. The van der Waals surface area contributed by atoms with Gasteiger partial charge in [0.2, 0.25) is 0 Å². The summed E-state index contributed by atoms with van der Waals surface area (Å²) in [7, 11) is 3.66. The van der Waals surface area contributed by atoms with Crippen molar-refractivity contribution in [1.29, 1.82) is 0 Å². The predicted molar refractivity (Wildman–Crippen MR) is 118 cm³/mol. The summed E-state index contributed by atoms with van der Waals surface area (Å²) in [5, 5.41) is 6.47. The van der Waals surface area contributed by atoms with Crippen molar-refractivity contribution in [1.82, 2.24) is 15.2 Å². The third kappa shape index (κ3) is 7.36. The van der Waals surface area contributed by atoms with Crippen LogP contribution in [0.1, 0.15) is 17.6 Å². The van der Waals surface area contributed by atoms with Gasteiger partial charge in [-0.15, -0.1) is 35.3 Å². The Morgan fingerprint density at radius 1 is 1.35 bits per heavy atom. The monoisotopic (exact) mass is 490 g/mol. The minimum Gasteiger partial charge on any atom is -0.497 e. The van der Waals surface area contributed by atoms with Crippen LogP contribution in [0.5, 0.6) is 11.5 Å². The Bertz CT molecular complexity index is 693. The second kappa shape index (κ2) is 11.9. The van der Waals surface area contributed by atoms with Crippen molar-refractivity contribution in [2.75, 3.05) is 33.9 Å². The molecule has 0 saturated carbocycles.